The number of ketones is 2. The Morgan fingerprint density at radius 1 is 0.524 bits per heavy atom. The first-order valence-corrected chi connectivity index (χ1v) is 22.1. The van der Waals surface area contributed by atoms with Gasteiger partial charge in [0.25, 0.3) is 0 Å². The quantitative estimate of drug-likeness (QED) is 0.120. The summed E-state index contributed by atoms with van der Waals surface area (Å²) in [5.74, 6) is 3.93. The van der Waals surface area contributed by atoms with Crippen LogP contribution < -0.4 is 23.7 Å². The van der Waals surface area contributed by atoms with Crippen LogP contribution in [0.25, 0.3) is 41.1 Å². The number of carbonyl (C=O) groups is 2. The Labute approximate surface area is 374 Å². The number of thiophene rings is 2. The highest BCUT2D eigenvalue weighted by atomic mass is 32.1. The molecule has 0 saturated carbocycles. The summed E-state index contributed by atoms with van der Waals surface area (Å²) in [6, 6.07) is 41.0. The van der Waals surface area contributed by atoms with E-state index in [0.29, 0.717) is 22.3 Å². The zero-order chi connectivity index (χ0) is 44.0. The van der Waals surface area contributed by atoms with Crippen molar-refractivity contribution in [1.82, 2.24) is 4.90 Å². The summed E-state index contributed by atoms with van der Waals surface area (Å²) >= 11 is 3.15. The van der Waals surface area contributed by atoms with Crippen molar-refractivity contribution >= 4 is 54.4 Å². The summed E-state index contributed by atoms with van der Waals surface area (Å²) in [5, 5.41) is 11.4. The number of benzene rings is 6. The van der Waals surface area contributed by atoms with E-state index in [4.69, 9.17) is 23.7 Å². The monoisotopic (exact) mass is 877 g/mol. The molecule has 0 unspecified atom stereocenters. The van der Waals surface area contributed by atoms with Crippen molar-refractivity contribution < 1.29 is 38.4 Å². The molecule has 0 spiro atoms. The fourth-order valence-corrected chi connectivity index (χ4v) is 10.1. The number of phenols is 1. The molecule has 1 saturated heterocycles. The summed E-state index contributed by atoms with van der Waals surface area (Å²) in [7, 11) is 8.69. The minimum atomic E-state index is -0.0813. The van der Waals surface area contributed by atoms with Crippen LogP contribution in [0, 0.1) is 0 Å². The van der Waals surface area contributed by atoms with Crippen molar-refractivity contribution in [2.24, 2.45) is 0 Å². The molecule has 1 fully saturated rings. The summed E-state index contributed by atoms with van der Waals surface area (Å²) in [6.07, 6.45) is 2.27. The third-order valence-electron chi connectivity index (χ3n) is 11.2. The minimum Gasteiger partial charge on any atom is -0.508 e. The van der Waals surface area contributed by atoms with E-state index < -0.39 is 0 Å². The molecule has 9 nitrogen and oxygen atoms in total. The van der Waals surface area contributed by atoms with Gasteiger partial charge in [-0.15, -0.1) is 22.7 Å². The zero-order valence-corrected chi connectivity index (χ0v) is 37.3. The van der Waals surface area contributed by atoms with E-state index in [0.717, 1.165) is 95.7 Å². The number of phenolic OH excluding ortho intramolecular Hbond substituents is 1. The van der Waals surface area contributed by atoms with Gasteiger partial charge >= 0.3 is 0 Å². The maximum Gasteiger partial charge on any atom is 0.195 e. The van der Waals surface area contributed by atoms with E-state index in [2.05, 4.69) is 11.9 Å². The van der Waals surface area contributed by atoms with Crippen molar-refractivity contribution in [3.63, 3.8) is 0 Å². The average molecular weight is 878 g/mol. The largest absolute Gasteiger partial charge is 0.508 e. The molecular weight excluding hydrogens is 831 g/mol. The Bertz CT molecular complexity index is 2860. The van der Waals surface area contributed by atoms with E-state index in [1.54, 1.807) is 63.2 Å². The number of aromatic hydroxyl groups is 1. The van der Waals surface area contributed by atoms with E-state index in [-0.39, 0.29) is 23.4 Å². The molecule has 1 N–H and O–H groups in total. The van der Waals surface area contributed by atoms with Crippen LogP contribution in [0.1, 0.15) is 44.7 Å². The van der Waals surface area contributed by atoms with Gasteiger partial charge in [-0.2, -0.15) is 0 Å². The topological polar surface area (TPSA) is 104 Å². The Kier molecular flexibility index (Phi) is 13.1. The van der Waals surface area contributed by atoms with Crippen LogP contribution in [0.4, 0.5) is 0 Å². The number of piperidine rings is 1. The fourth-order valence-electron chi connectivity index (χ4n) is 7.63. The second-order valence-electron chi connectivity index (χ2n) is 15.1. The van der Waals surface area contributed by atoms with Crippen LogP contribution in [0.15, 0.2) is 133 Å². The number of hydrogen-bond acceptors (Lipinski definition) is 11. The van der Waals surface area contributed by atoms with Gasteiger partial charge in [-0.1, -0.05) is 0 Å². The predicted octanol–water partition coefficient (Wildman–Crippen LogP) is 11.8. The highest BCUT2D eigenvalue weighted by Gasteiger charge is 2.24. The number of likely N-dealkylation sites (tertiary alicyclic amines) is 1. The third kappa shape index (κ3) is 9.41. The number of hydrogen-bond donors (Lipinski definition) is 1. The zero-order valence-electron chi connectivity index (χ0n) is 35.7. The van der Waals surface area contributed by atoms with Gasteiger partial charge in [-0.05, 0) is 164 Å². The molecule has 8 aromatic rings. The van der Waals surface area contributed by atoms with Crippen molar-refractivity contribution in [2.75, 3.05) is 48.6 Å². The van der Waals surface area contributed by atoms with Gasteiger partial charge in [0.05, 0.1) is 28.4 Å². The summed E-state index contributed by atoms with van der Waals surface area (Å²) in [4.78, 5) is 31.4. The SMILES string of the molecule is COc1ccc(-c2sc3cc(OC)ccc3c2C(=O)c2ccc(O)cc2)cc1.COc1ccc(-c2sc3cc(OC)ccc3c2C(=O)c2ccc(OC3CCN(C)CC3)cc2)cc1. The molecule has 320 valence electrons. The number of ether oxygens (including phenoxy) is 5. The van der Waals surface area contributed by atoms with Crippen LogP contribution in [-0.4, -0.2) is 76.3 Å². The van der Waals surface area contributed by atoms with Gasteiger partial charge in [-0.25, -0.2) is 0 Å². The smallest absolute Gasteiger partial charge is 0.195 e. The maximum absolute atomic E-state index is 13.8. The third-order valence-corrected chi connectivity index (χ3v) is 13.6. The van der Waals surface area contributed by atoms with E-state index in [1.807, 2.05) is 109 Å². The molecule has 0 bridgehead atoms. The Hall–Kier alpha value is -6.66. The molecular formula is C52H47NO8S2. The van der Waals surface area contributed by atoms with Gasteiger partial charge in [0.2, 0.25) is 0 Å². The van der Waals surface area contributed by atoms with Crippen molar-refractivity contribution in [1.29, 1.82) is 0 Å². The van der Waals surface area contributed by atoms with Gasteiger partial charge in [0, 0.05) is 65.3 Å². The van der Waals surface area contributed by atoms with Gasteiger partial charge < -0.3 is 33.7 Å². The normalized spacial score (nSPS) is 13.0. The molecule has 9 rings (SSSR count). The lowest BCUT2D eigenvalue weighted by atomic mass is 9.97. The molecule has 6 aromatic carbocycles. The minimum absolute atomic E-state index is 0.00178. The first-order chi connectivity index (χ1) is 30.7. The van der Waals surface area contributed by atoms with Crippen LogP contribution >= 0.6 is 22.7 Å². The van der Waals surface area contributed by atoms with Crippen LogP contribution in [-0.2, 0) is 0 Å². The van der Waals surface area contributed by atoms with Crippen molar-refractivity contribution in [3.05, 3.63) is 156 Å². The number of carbonyl (C=O) groups excluding carboxylic acids is 2. The maximum atomic E-state index is 13.8. The van der Waals surface area contributed by atoms with Gasteiger partial charge in [0.1, 0.15) is 40.6 Å². The lowest BCUT2D eigenvalue weighted by molar-refractivity contribution is 0.103. The lowest BCUT2D eigenvalue weighted by Crippen LogP contribution is -2.35. The highest BCUT2D eigenvalue weighted by molar-refractivity contribution is 7.23. The molecule has 1 aliphatic heterocycles. The molecule has 0 aliphatic carbocycles. The predicted molar refractivity (Wildman–Crippen MR) is 253 cm³/mol. The Morgan fingerprint density at radius 3 is 1.32 bits per heavy atom. The standard InChI is InChI=1S/C29H29NO4S.C23H18O4S/c1-30-16-14-23(15-17-30)34-22-10-4-19(5-11-22)28(31)27-25-13-12-24(33-3)18-26(25)35-29(27)20-6-8-21(32-2)9-7-20;1-26-17-9-5-15(6-10-17)23-21(22(25)14-3-7-16(24)8-4-14)19-12-11-18(27-2)13-20(19)28-23/h4-13,18,23H,14-17H2,1-3H3;3-13,24H,1-2H3. The second kappa shape index (κ2) is 19.2. The van der Waals surface area contributed by atoms with Crippen molar-refractivity contribution in [2.45, 2.75) is 18.9 Å². The van der Waals surface area contributed by atoms with Gasteiger partial charge in [-0.3, -0.25) is 9.59 Å². The average Bonchev–Trinajstić information content (AvgIpc) is 3.91. The summed E-state index contributed by atoms with van der Waals surface area (Å²) in [5.41, 5.74) is 4.47. The van der Waals surface area contributed by atoms with Crippen LogP contribution in [0.2, 0.25) is 0 Å². The number of nitrogens with zero attached hydrogens (tertiary/aromatic N) is 1. The van der Waals surface area contributed by atoms with E-state index in [9.17, 15) is 14.7 Å². The van der Waals surface area contributed by atoms with Crippen LogP contribution in [0.5, 0.6) is 34.5 Å². The Morgan fingerprint density at radius 2 is 0.905 bits per heavy atom. The van der Waals surface area contributed by atoms with Gasteiger partial charge in [0.15, 0.2) is 11.6 Å². The molecule has 0 amide bonds. The van der Waals surface area contributed by atoms with Crippen molar-refractivity contribution in [3.8, 4) is 55.4 Å². The molecule has 3 heterocycles. The molecule has 63 heavy (non-hydrogen) atoms. The van der Waals surface area contributed by atoms with E-state index >= 15 is 0 Å². The van der Waals surface area contributed by atoms with Crippen LogP contribution in [0.3, 0.4) is 0 Å². The van der Waals surface area contributed by atoms with E-state index in [1.165, 1.54) is 12.1 Å². The number of fused-ring (bicyclic) bond motifs is 2. The second-order valence-corrected chi connectivity index (χ2v) is 17.2. The fraction of sp³-hybridized carbons (Fsp3) is 0.192. The number of rotatable bonds is 12. The molecule has 1 aliphatic rings. The molecule has 0 atom stereocenters. The highest BCUT2D eigenvalue weighted by Crippen LogP contribution is 2.43. The number of methoxy groups -OCH3 is 4. The summed E-state index contributed by atoms with van der Waals surface area (Å²) < 4.78 is 29.5. The Balaban J connectivity index is 0.000000177. The molecule has 11 heteroatoms. The molecule has 0 radical (unpaired) electrons. The first kappa shape index (κ1) is 43.0. The first-order valence-electron chi connectivity index (χ1n) is 20.5. The summed E-state index contributed by atoms with van der Waals surface area (Å²) in [6.45, 7) is 2.09. The lowest BCUT2D eigenvalue weighted by Gasteiger charge is -2.29. The molecule has 2 aromatic heterocycles.